The molecule has 1 aromatic heterocycles. The summed E-state index contributed by atoms with van der Waals surface area (Å²) in [6.07, 6.45) is 2.38. The number of piperidine rings is 1. The first kappa shape index (κ1) is 18.9. The number of rotatable bonds is 7. The highest BCUT2D eigenvalue weighted by atomic mass is 32.2. The zero-order valence-corrected chi connectivity index (χ0v) is 16.3. The molecule has 0 unspecified atom stereocenters. The van der Waals surface area contributed by atoms with Crippen LogP contribution in [0.5, 0.6) is 0 Å². The first-order valence-electron chi connectivity index (χ1n) is 9.30. The van der Waals surface area contributed by atoms with Crippen molar-refractivity contribution in [3.8, 4) is 0 Å². The van der Waals surface area contributed by atoms with Crippen molar-refractivity contribution in [1.82, 2.24) is 25.4 Å². The van der Waals surface area contributed by atoms with Crippen LogP contribution in [0.25, 0.3) is 0 Å². The molecule has 26 heavy (non-hydrogen) atoms. The van der Waals surface area contributed by atoms with Gasteiger partial charge in [-0.25, -0.2) is 0 Å². The van der Waals surface area contributed by atoms with E-state index >= 15 is 0 Å². The van der Waals surface area contributed by atoms with Crippen LogP contribution in [-0.4, -0.2) is 46.1 Å². The molecule has 1 aromatic carbocycles. The van der Waals surface area contributed by atoms with Crippen molar-refractivity contribution in [3.05, 3.63) is 41.2 Å². The predicted octanol–water partition coefficient (Wildman–Crippen LogP) is 2.60. The molecular weight excluding hydrogens is 346 g/mol. The van der Waals surface area contributed by atoms with Crippen LogP contribution in [0.3, 0.4) is 0 Å². The minimum Gasteiger partial charge on any atom is -0.351 e. The summed E-state index contributed by atoms with van der Waals surface area (Å²) in [5, 5.41) is 15.6. The molecule has 3 rings (SSSR count). The fourth-order valence-electron chi connectivity index (χ4n) is 3.31. The van der Waals surface area contributed by atoms with Crippen molar-refractivity contribution in [2.24, 2.45) is 0 Å². The Balaban J connectivity index is 1.50. The first-order chi connectivity index (χ1) is 12.7. The minimum atomic E-state index is -0.00985. The molecule has 2 heterocycles. The van der Waals surface area contributed by atoms with Gasteiger partial charge in [0.1, 0.15) is 5.82 Å². The summed E-state index contributed by atoms with van der Waals surface area (Å²) < 4.78 is 2.08. The first-order valence-corrected chi connectivity index (χ1v) is 10.3. The number of carbonyl (C=O) groups excluding carboxylic acids is 1. The number of aromatic nitrogens is 3. The van der Waals surface area contributed by atoms with E-state index in [1.807, 2.05) is 25.1 Å². The Bertz CT molecular complexity index is 739. The lowest BCUT2D eigenvalue weighted by Crippen LogP contribution is -2.29. The van der Waals surface area contributed by atoms with Crippen LogP contribution in [0.2, 0.25) is 0 Å². The summed E-state index contributed by atoms with van der Waals surface area (Å²) in [6.45, 7) is 7.59. The number of hydrogen-bond donors (Lipinski definition) is 2. The zero-order chi connectivity index (χ0) is 18.4. The third kappa shape index (κ3) is 4.65. The normalized spacial score (nSPS) is 17.2. The summed E-state index contributed by atoms with van der Waals surface area (Å²) in [5.74, 6) is 2.20. The lowest BCUT2D eigenvalue weighted by Gasteiger charge is -2.23. The van der Waals surface area contributed by atoms with Gasteiger partial charge in [0.05, 0.1) is 0 Å². The molecule has 1 aliphatic rings. The van der Waals surface area contributed by atoms with E-state index in [0.29, 0.717) is 12.5 Å². The number of aryl methyl sites for hydroxylation is 1. The second-order valence-electron chi connectivity index (χ2n) is 6.55. The van der Waals surface area contributed by atoms with E-state index in [4.69, 9.17) is 0 Å². The number of benzene rings is 1. The molecule has 2 aromatic rings. The van der Waals surface area contributed by atoms with Gasteiger partial charge < -0.3 is 15.2 Å². The Hall–Kier alpha value is -1.86. The SMILES string of the molecule is CCn1c(C)nnc1SCCNC(=O)c1cccc([C@H]2CCCNC2)c1. The van der Waals surface area contributed by atoms with Crippen LogP contribution in [0, 0.1) is 6.92 Å². The number of carbonyl (C=O) groups is 1. The standard InChI is InChI=1S/C19H27N5OS/c1-3-24-14(2)22-23-19(24)26-11-10-21-18(25)16-7-4-6-15(12-16)17-8-5-9-20-13-17/h4,6-7,12,17,20H,3,5,8-11,13H2,1-2H3,(H,21,25)/t17-/m0/s1. The van der Waals surface area contributed by atoms with Gasteiger partial charge in [-0.1, -0.05) is 23.9 Å². The molecule has 0 radical (unpaired) electrons. The molecule has 2 N–H and O–H groups in total. The highest BCUT2D eigenvalue weighted by Crippen LogP contribution is 2.23. The Morgan fingerprint density at radius 2 is 2.31 bits per heavy atom. The molecular formula is C19H27N5OS. The molecule has 1 atom stereocenters. The molecule has 1 aliphatic heterocycles. The van der Waals surface area contributed by atoms with Crippen molar-refractivity contribution in [3.63, 3.8) is 0 Å². The summed E-state index contributed by atoms with van der Waals surface area (Å²) in [4.78, 5) is 12.4. The molecule has 1 amide bonds. The van der Waals surface area contributed by atoms with Crippen LogP contribution < -0.4 is 10.6 Å². The van der Waals surface area contributed by atoms with Gasteiger partial charge >= 0.3 is 0 Å². The molecule has 0 bridgehead atoms. The van der Waals surface area contributed by atoms with Gasteiger partial charge in [-0.3, -0.25) is 4.79 Å². The molecule has 0 saturated carbocycles. The summed E-state index contributed by atoms with van der Waals surface area (Å²) in [5.41, 5.74) is 2.00. The molecule has 0 aliphatic carbocycles. The van der Waals surface area contributed by atoms with E-state index in [1.54, 1.807) is 11.8 Å². The second-order valence-corrected chi connectivity index (χ2v) is 7.61. The maximum absolute atomic E-state index is 12.4. The van der Waals surface area contributed by atoms with Crippen LogP contribution in [0.1, 0.15) is 47.4 Å². The number of amides is 1. The van der Waals surface area contributed by atoms with Crippen LogP contribution in [-0.2, 0) is 6.54 Å². The highest BCUT2D eigenvalue weighted by Gasteiger charge is 2.16. The second kappa shape index (κ2) is 9.19. The van der Waals surface area contributed by atoms with E-state index in [1.165, 1.54) is 18.4 Å². The van der Waals surface area contributed by atoms with Crippen LogP contribution in [0.4, 0.5) is 0 Å². The van der Waals surface area contributed by atoms with Gasteiger partial charge in [-0.2, -0.15) is 0 Å². The Morgan fingerprint density at radius 1 is 1.42 bits per heavy atom. The van der Waals surface area contributed by atoms with Gasteiger partial charge in [-0.05, 0) is 56.8 Å². The van der Waals surface area contributed by atoms with Gasteiger partial charge in [-0.15, -0.1) is 10.2 Å². The molecule has 140 valence electrons. The van der Waals surface area contributed by atoms with Crippen LogP contribution in [0.15, 0.2) is 29.4 Å². The molecule has 6 nitrogen and oxygen atoms in total. The van der Waals surface area contributed by atoms with Gasteiger partial charge in [0.25, 0.3) is 5.91 Å². The lowest BCUT2D eigenvalue weighted by atomic mass is 9.90. The average molecular weight is 374 g/mol. The number of thioether (sulfide) groups is 1. The quantitative estimate of drug-likeness (QED) is 0.577. The molecule has 1 saturated heterocycles. The maximum Gasteiger partial charge on any atom is 0.251 e. The predicted molar refractivity (Wildman–Crippen MR) is 105 cm³/mol. The molecule has 1 fully saturated rings. The van der Waals surface area contributed by atoms with E-state index in [-0.39, 0.29) is 5.91 Å². The number of nitrogens with one attached hydrogen (secondary N) is 2. The van der Waals surface area contributed by atoms with Gasteiger partial charge in [0, 0.05) is 31.0 Å². The van der Waals surface area contributed by atoms with Crippen molar-refractivity contribution < 1.29 is 4.79 Å². The third-order valence-corrected chi connectivity index (χ3v) is 5.72. The van der Waals surface area contributed by atoms with E-state index < -0.39 is 0 Å². The number of nitrogens with zero attached hydrogens (tertiary/aromatic N) is 3. The van der Waals surface area contributed by atoms with Crippen molar-refractivity contribution in [2.75, 3.05) is 25.4 Å². The lowest BCUT2D eigenvalue weighted by molar-refractivity contribution is 0.0956. The van der Waals surface area contributed by atoms with Gasteiger partial charge in [0.2, 0.25) is 0 Å². The molecule has 0 spiro atoms. The fourth-order valence-corrected chi connectivity index (χ4v) is 4.21. The van der Waals surface area contributed by atoms with Crippen molar-refractivity contribution >= 4 is 17.7 Å². The van der Waals surface area contributed by atoms with Crippen molar-refractivity contribution in [1.29, 1.82) is 0 Å². The van der Waals surface area contributed by atoms with E-state index in [0.717, 1.165) is 41.9 Å². The third-order valence-electron chi connectivity index (χ3n) is 4.75. The largest absolute Gasteiger partial charge is 0.351 e. The van der Waals surface area contributed by atoms with Crippen molar-refractivity contribution in [2.45, 2.75) is 44.3 Å². The monoisotopic (exact) mass is 373 g/mol. The minimum absolute atomic E-state index is 0.00985. The van der Waals surface area contributed by atoms with E-state index in [9.17, 15) is 4.79 Å². The number of hydrogen-bond acceptors (Lipinski definition) is 5. The average Bonchev–Trinajstić information content (AvgIpc) is 3.05. The van der Waals surface area contributed by atoms with E-state index in [2.05, 4.69) is 38.4 Å². The Labute approximate surface area is 159 Å². The Morgan fingerprint density at radius 3 is 3.08 bits per heavy atom. The summed E-state index contributed by atoms with van der Waals surface area (Å²) in [7, 11) is 0. The van der Waals surface area contributed by atoms with Crippen LogP contribution >= 0.6 is 11.8 Å². The highest BCUT2D eigenvalue weighted by molar-refractivity contribution is 7.99. The van der Waals surface area contributed by atoms with Gasteiger partial charge in [0.15, 0.2) is 5.16 Å². The fraction of sp³-hybridized carbons (Fsp3) is 0.526. The maximum atomic E-state index is 12.4. The molecule has 7 heteroatoms. The topological polar surface area (TPSA) is 71.8 Å². The summed E-state index contributed by atoms with van der Waals surface area (Å²) >= 11 is 1.62. The zero-order valence-electron chi connectivity index (χ0n) is 15.5. The summed E-state index contributed by atoms with van der Waals surface area (Å²) in [6, 6.07) is 8.04. The Kier molecular flexibility index (Phi) is 6.68. The smallest absolute Gasteiger partial charge is 0.251 e.